The van der Waals surface area contributed by atoms with Gasteiger partial charge in [0, 0.05) is 23.2 Å². The van der Waals surface area contributed by atoms with Gasteiger partial charge in [-0.3, -0.25) is 4.79 Å². The Kier molecular flexibility index (Phi) is 5.92. The predicted octanol–water partition coefficient (Wildman–Crippen LogP) is 3.91. The highest BCUT2D eigenvalue weighted by atomic mass is 35.5. The van der Waals surface area contributed by atoms with Crippen LogP contribution in [0.1, 0.15) is 11.3 Å². The smallest absolute Gasteiger partial charge is 0.226 e. The molecule has 1 N–H and O–H groups in total. The van der Waals surface area contributed by atoms with Crippen LogP contribution in [0.2, 0.25) is 5.02 Å². The second kappa shape index (κ2) is 8.54. The topological polar surface area (TPSA) is 64.4 Å². The maximum atomic E-state index is 12.1. The molecule has 2 aromatic carbocycles. The van der Waals surface area contributed by atoms with Gasteiger partial charge in [-0.1, -0.05) is 28.9 Å². The van der Waals surface area contributed by atoms with Gasteiger partial charge in [-0.05, 0) is 48.4 Å². The number of carbonyl (C=O) groups is 1. The highest BCUT2D eigenvalue weighted by Gasteiger charge is 2.10. The average molecular weight is 371 g/mol. The third-order valence-electron chi connectivity index (χ3n) is 3.90. The molecule has 3 rings (SSSR count). The normalized spacial score (nSPS) is 10.5. The number of hydrogen-bond acceptors (Lipinski definition) is 4. The van der Waals surface area contributed by atoms with Gasteiger partial charge in [-0.2, -0.15) is 0 Å². The molecule has 3 aromatic rings. The average Bonchev–Trinajstić information content (AvgIpc) is 3.11. The van der Waals surface area contributed by atoms with Gasteiger partial charge in [-0.25, -0.2) is 0 Å². The molecule has 0 saturated heterocycles. The molecule has 1 aromatic heterocycles. The summed E-state index contributed by atoms with van der Waals surface area (Å²) >= 11 is 5.88. The van der Waals surface area contributed by atoms with E-state index >= 15 is 0 Å². The van der Waals surface area contributed by atoms with Crippen LogP contribution in [-0.4, -0.2) is 24.7 Å². The summed E-state index contributed by atoms with van der Waals surface area (Å²) in [6.07, 6.45) is 0.910. The Labute approximate surface area is 156 Å². The van der Waals surface area contributed by atoms with Crippen molar-refractivity contribution < 1.29 is 14.1 Å². The lowest BCUT2D eigenvalue weighted by molar-refractivity contribution is -0.120. The zero-order valence-electron chi connectivity index (χ0n) is 14.4. The quantitative estimate of drug-likeness (QED) is 0.685. The van der Waals surface area contributed by atoms with Crippen LogP contribution >= 0.6 is 11.6 Å². The lowest BCUT2D eigenvalue weighted by Gasteiger charge is -2.06. The number of halogens is 1. The number of benzene rings is 2. The molecule has 1 amide bonds. The van der Waals surface area contributed by atoms with Crippen LogP contribution in [0.3, 0.4) is 0 Å². The Bertz CT molecular complexity index is 875. The maximum Gasteiger partial charge on any atom is 0.226 e. The fraction of sp³-hybridized carbons (Fsp3) is 0.200. The van der Waals surface area contributed by atoms with E-state index in [-0.39, 0.29) is 12.3 Å². The number of carbonyl (C=O) groups excluding carboxylic acids is 1. The number of methoxy groups -OCH3 is 1. The first-order chi connectivity index (χ1) is 12.6. The number of amides is 1. The minimum atomic E-state index is -0.0937. The van der Waals surface area contributed by atoms with Gasteiger partial charge in [-0.15, -0.1) is 0 Å². The Balaban J connectivity index is 1.50. The monoisotopic (exact) mass is 370 g/mol. The molecule has 5 nitrogen and oxygen atoms in total. The summed E-state index contributed by atoms with van der Waals surface area (Å²) in [6.45, 7) is 0.549. The van der Waals surface area contributed by atoms with Crippen molar-refractivity contribution in [1.29, 1.82) is 0 Å². The lowest BCUT2D eigenvalue weighted by Crippen LogP contribution is -2.27. The zero-order chi connectivity index (χ0) is 18.4. The Hall–Kier alpha value is -2.79. The summed E-state index contributed by atoms with van der Waals surface area (Å²) in [6, 6.07) is 16.8. The van der Waals surface area contributed by atoms with Crippen LogP contribution in [0, 0.1) is 0 Å². The van der Waals surface area contributed by atoms with Gasteiger partial charge in [0.05, 0.1) is 19.2 Å². The number of ether oxygens (including phenoxy) is 1. The van der Waals surface area contributed by atoms with Gasteiger partial charge in [0.15, 0.2) is 5.76 Å². The molecular formula is C20H19ClN2O3. The molecule has 0 aliphatic carbocycles. The number of rotatable bonds is 7. The van der Waals surface area contributed by atoms with Crippen LogP contribution in [-0.2, 0) is 17.6 Å². The van der Waals surface area contributed by atoms with E-state index in [1.165, 1.54) is 0 Å². The van der Waals surface area contributed by atoms with Crippen molar-refractivity contribution in [2.24, 2.45) is 0 Å². The minimum Gasteiger partial charge on any atom is -0.497 e. The first-order valence-electron chi connectivity index (χ1n) is 8.25. The number of nitrogens with one attached hydrogen (secondary N) is 1. The van der Waals surface area contributed by atoms with Crippen molar-refractivity contribution in [3.05, 3.63) is 70.9 Å². The molecule has 0 fully saturated rings. The van der Waals surface area contributed by atoms with Crippen molar-refractivity contribution in [2.75, 3.05) is 13.7 Å². The van der Waals surface area contributed by atoms with Gasteiger partial charge in [0.2, 0.25) is 5.91 Å². The van der Waals surface area contributed by atoms with Crippen molar-refractivity contribution in [3.63, 3.8) is 0 Å². The van der Waals surface area contributed by atoms with Gasteiger partial charge < -0.3 is 14.6 Å². The molecule has 26 heavy (non-hydrogen) atoms. The maximum absolute atomic E-state index is 12.1. The third kappa shape index (κ3) is 4.86. The molecule has 0 bridgehead atoms. The summed E-state index contributed by atoms with van der Waals surface area (Å²) < 4.78 is 10.5. The van der Waals surface area contributed by atoms with E-state index in [9.17, 15) is 4.79 Å². The summed E-state index contributed by atoms with van der Waals surface area (Å²) in [5, 5.41) is 7.51. The van der Waals surface area contributed by atoms with E-state index in [4.69, 9.17) is 20.9 Å². The molecule has 0 aliphatic rings. The Morgan fingerprint density at radius 1 is 1.19 bits per heavy atom. The summed E-state index contributed by atoms with van der Waals surface area (Å²) in [5.41, 5.74) is 2.57. The largest absolute Gasteiger partial charge is 0.497 e. The standard InChI is InChI=1S/C20H19ClN2O3/c1-25-18-4-2-3-14(11-18)9-10-22-20(24)13-17-12-19(26-23-17)15-5-7-16(21)8-6-15/h2-8,11-12H,9-10,13H2,1H3,(H,22,24). The SMILES string of the molecule is COc1cccc(CCNC(=O)Cc2cc(-c3ccc(Cl)cc3)on2)c1. The second-order valence-electron chi connectivity index (χ2n) is 5.82. The van der Waals surface area contributed by atoms with Crippen LogP contribution in [0.5, 0.6) is 5.75 Å². The second-order valence-corrected chi connectivity index (χ2v) is 6.25. The van der Waals surface area contributed by atoms with E-state index in [0.29, 0.717) is 23.0 Å². The Morgan fingerprint density at radius 3 is 2.77 bits per heavy atom. The van der Waals surface area contributed by atoms with Gasteiger partial charge >= 0.3 is 0 Å². The first-order valence-corrected chi connectivity index (χ1v) is 8.63. The lowest BCUT2D eigenvalue weighted by atomic mass is 10.1. The zero-order valence-corrected chi connectivity index (χ0v) is 15.1. The van der Waals surface area contributed by atoms with Gasteiger partial charge in [0.25, 0.3) is 0 Å². The molecule has 0 aliphatic heterocycles. The van der Waals surface area contributed by atoms with Crippen molar-refractivity contribution in [1.82, 2.24) is 10.5 Å². The number of hydrogen-bond donors (Lipinski definition) is 1. The molecule has 0 unspecified atom stereocenters. The third-order valence-corrected chi connectivity index (χ3v) is 4.15. The Morgan fingerprint density at radius 2 is 2.00 bits per heavy atom. The molecule has 0 spiro atoms. The highest BCUT2D eigenvalue weighted by molar-refractivity contribution is 6.30. The summed E-state index contributed by atoms with van der Waals surface area (Å²) in [4.78, 5) is 12.1. The number of nitrogens with zero attached hydrogens (tertiary/aromatic N) is 1. The predicted molar refractivity (Wildman–Crippen MR) is 100 cm³/mol. The molecular weight excluding hydrogens is 352 g/mol. The van der Waals surface area contributed by atoms with E-state index in [2.05, 4.69) is 10.5 Å². The minimum absolute atomic E-state index is 0.0937. The molecule has 0 radical (unpaired) electrons. The van der Waals surface area contributed by atoms with E-state index in [1.54, 1.807) is 25.3 Å². The van der Waals surface area contributed by atoms with Crippen molar-refractivity contribution in [2.45, 2.75) is 12.8 Å². The van der Waals surface area contributed by atoms with E-state index < -0.39 is 0 Å². The van der Waals surface area contributed by atoms with Crippen LogP contribution in [0.15, 0.2) is 59.1 Å². The van der Waals surface area contributed by atoms with Crippen LogP contribution in [0.25, 0.3) is 11.3 Å². The summed E-state index contributed by atoms with van der Waals surface area (Å²) in [5.74, 6) is 1.33. The fourth-order valence-electron chi connectivity index (χ4n) is 2.55. The fourth-order valence-corrected chi connectivity index (χ4v) is 2.67. The molecule has 0 atom stereocenters. The molecule has 1 heterocycles. The van der Waals surface area contributed by atoms with E-state index in [0.717, 1.165) is 23.3 Å². The molecule has 134 valence electrons. The van der Waals surface area contributed by atoms with E-state index in [1.807, 2.05) is 36.4 Å². The summed E-state index contributed by atoms with van der Waals surface area (Å²) in [7, 11) is 1.64. The molecule has 6 heteroatoms. The first kappa shape index (κ1) is 18.0. The van der Waals surface area contributed by atoms with Crippen LogP contribution in [0.4, 0.5) is 0 Å². The van der Waals surface area contributed by atoms with Crippen LogP contribution < -0.4 is 10.1 Å². The van der Waals surface area contributed by atoms with Crippen molar-refractivity contribution in [3.8, 4) is 17.1 Å². The highest BCUT2D eigenvalue weighted by Crippen LogP contribution is 2.22. The number of aromatic nitrogens is 1. The van der Waals surface area contributed by atoms with Gasteiger partial charge in [0.1, 0.15) is 5.75 Å². The molecule has 0 saturated carbocycles. The van der Waals surface area contributed by atoms with Crippen molar-refractivity contribution >= 4 is 17.5 Å².